The Bertz CT molecular complexity index is 220. The zero-order valence-corrected chi connectivity index (χ0v) is 10.4. The highest BCUT2D eigenvalue weighted by Gasteiger charge is 2.31. The number of ether oxygens (including phenoxy) is 1. The fourth-order valence-electron chi connectivity index (χ4n) is 1.98. The zero-order chi connectivity index (χ0) is 11.5. The van der Waals surface area contributed by atoms with Crippen LogP contribution in [0, 0.1) is 5.41 Å². The molecule has 1 aliphatic rings. The first kappa shape index (κ1) is 12.5. The van der Waals surface area contributed by atoms with Crippen molar-refractivity contribution in [1.82, 2.24) is 4.90 Å². The van der Waals surface area contributed by atoms with Crippen LogP contribution < -0.4 is 0 Å². The summed E-state index contributed by atoms with van der Waals surface area (Å²) < 4.78 is 5.05. The van der Waals surface area contributed by atoms with Crippen LogP contribution in [-0.4, -0.2) is 37.1 Å². The smallest absolute Gasteiger partial charge is 0.251 e. The lowest BCUT2D eigenvalue weighted by Crippen LogP contribution is -2.45. The van der Waals surface area contributed by atoms with Crippen molar-refractivity contribution in [1.29, 1.82) is 0 Å². The molecule has 0 saturated carbocycles. The number of hydrogen-bond donors (Lipinski definition) is 0. The number of amides is 1. The number of methoxy groups -OCH3 is 1. The third-order valence-corrected chi connectivity index (χ3v) is 3.84. The topological polar surface area (TPSA) is 29.5 Å². The summed E-state index contributed by atoms with van der Waals surface area (Å²) in [6, 6.07) is 0. The third-order valence-electron chi connectivity index (χ3n) is 3.84. The number of nitrogens with zero attached hydrogens (tertiary/aromatic N) is 1. The number of hydrogen-bond acceptors (Lipinski definition) is 2. The minimum absolute atomic E-state index is 0.135. The fraction of sp³-hybridized carbons (Fsp3) is 0.917. The van der Waals surface area contributed by atoms with Crippen molar-refractivity contribution >= 4 is 5.91 Å². The number of carbonyl (C=O) groups excluding carboxylic acids is 1. The summed E-state index contributed by atoms with van der Waals surface area (Å²) in [6.07, 6.45) is 3.14. The summed E-state index contributed by atoms with van der Waals surface area (Å²) in [5.41, 5.74) is 0.438. The molecule has 3 heteroatoms. The summed E-state index contributed by atoms with van der Waals surface area (Å²) in [4.78, 5) is 13.8. The van der Waals surface area contributed by atoms with Gasteiger partial charge >= 0.3 is 0 Å². The molecule has 88 valence electrons. The van der Waals surface area contributed by atoms with Gasteiger partial charge in [-0.1, -0.05) is 20.3 Å². The Hall–Kier alpha value is -0.570. The molecule has 3 nitrogen and oxygen atoms in total. The summed E-state index contributed by atoms with van der Waals surface area (Å²) in [7, 11) is 1.59. The summed E-state index contributed by atoms with van der Waals surface area (Å²) >= 11 is 0. The Kier molecular flexibility index (Phi) is 4.14. The standard InChI is InChI=1S/C12H23NO2/c1-5-12(3)6-8-13(9-7-12)11(14)10(2)15-4/h10H,5-9H2,1-4H3. The van der Waals surface area contributed by atoms with Crippen LogP contribution in [0.25, 0.3) is 0 Å². The number of rotatable bonds is 3. The molecule has 0 N–H and O–H groups in total. The number of piperidine rings is 1. The molecule has 1 amide bonds. The second kappa shape index (κ2) is 4.97. The van der Waals surface area contributed by atoms with Crippen molar-refractivity contribution in [3.63, 3.8) is 0 Å². The average molecular weight is 213 g/mol. The second-order valence-electron chi connectivity index (χ2n) is 4.87. The van der Waals surface area contributed by atoms with Crippen molar-refractivity contribution in [3.05, 3.63) is 0 Å². The minimum atomic E-state index is -0.295. The molecule has 0 radical (unpaired) electrons. The molecular weight excluding hydrogens is 190 g/mol. The lowest BCUT2D eigenvalue weighted by atomic mass is 9.78. The van der Waals surface area contributed by atoms with Crippen molar-refractivity contribution in [2.24, 2.45) is 5.41 Å². The van der Waals surface area contributed by atoms with Gasteiger partial charge in [0, 0.05) is 20.2 Å². The Balaban J connectivity index is 2.47. The van der Waals surface area contributed by atoms with Crippen LogP contribution in [-0.2, 0) is 9.53 Å². The summed E-state index contributed by atoms with van der Waals surface area (Å²) in [5, 5.41) is 0. The van der Waals surface area contributed by atoms with E-state index >= 15 is 0 Å². The van der Waals surface area contributed by atoms with Gasteiger partial charge in [0.1, 0.15) is 6.10 Å². The fourth-order valence-corrected chi connectivity index (χ4v) is 1.98. The molecule has 0 aromatic rings. The lowest BCUT2D eigenvalue weighted by Gasteiger charge is -2.39. The van der Waals surface area contributed by atoms with E-state index in [0.717, 1.165) is 25.9 Å². The summed E-state index contributed by atoms with van der Waals surface area (Å²) in [5.74, 6) is 0.135. The van der Waals surface area contributed by atoms with Crippen LogP contribution in [0.1, 0.15) is 40.0 Å². The molecule has 1 unspecified atom stereocenters. The van der Waals surface area contributed by atoms with Gasteiger partial charge < -0.3 is 9.64 Å². The highest BCUT2D eigenvalue weighted by molar-refractivity contribution is 5.80. The van der Waals surface area contributed by atoms with Gasteiger partial charge in [0.15, 0.2) is 0 Å². The first-order valence-electron chi connectivity index (χ1n) is 5.84. The van der Waals surface area contributed by atoms with Gasteiger partial charge in [-0.15, -0.1) is 0 Å². The van der Waals surface area contributed by atoms with Crippen LogP contribution in [0.3, 0.4) is 0 Å². The van der Waals surface area contributed by atoms with Gasteiger partial charge in [-0.3, -0.25) is 4.79 Å². The van der Waals surface area contributed by atoms with E-state index in [9.17, 15) is 4.79 Å². The van der Waals surface area contributed by atoms with E-state index < -0.39 is 0 Å². The normalized spacial score (nSPS) is 22.5. The van der Waals surface area contributed by atoms with Crippen molar-refractivity contribution in [2.45, 2.75) is 46.1 Å². The van der Waals surface area contributed by atoms with Gasteiger partial charge in [0.05, 0.1) is 0 Å². The first-order chi connectivity index (χ1) is 7.02. The molecule has 15 heavy (non-hydrogen) atoms. The van der Waals surface area contributed by atoms with E-state index in [-0.39, 0.29) is 12.0 Å². The maximum absolute atomic E-state index is 11.8. The van der Waals surface area contributed by atoms with Crippen LogP contribution in [0.2, 0.25) is 0 Å². The zero-order valence-electron chi connectivity index (χ0n) is 10.4. The number of carbonyl (C=O) groups is 1. The maximum atomic E-state index is 11.8. The predicted molar refractivity (Wildman–Crippen MR) is 60.7 cm³/mol. The molecule has 0 aromatic heterocycles. The van der Waals surface area contributed by atoms with Gasteiger partial charge in [-0.25, -0.2) is 0 Å². The minimum Gasteiger partial charge on any atom is -0.372 e. The van der Waals surface area contributed by atoms with Crippen LogP contribution >= 0.6 is 0 Å². The quantitative estimate of drug-likeness (QED) is 0.718. The van der Waals surface area contributed by atoms with E-state index in [2.05, 4.69) is 13.8 Å². The molecule has 1 saturated heterocycles. The van der Waals surface area contributed by atoms with Crippen LogP contribution in [0.5, 0.6) is 0 Å². The molecule has 0 aliphatic carbocycles. The first-order valence-corrected chi connectivity index (χ1v) is 5.84. The lowest BCUT2D eigenvalue weighted by molar-refractivity contribution is -0.143. The van der Waals surface area contributed by atoms with E-state index in [1.807, 2.05) is 11.8 Å². The molecule has 0 bridgehead atoms. The van der Waals surface area contributed by atoms with Crippen LogP contribution in [0.15, 0.2) is 0 Å². The molecule has 0 spiro atoms. The second-order valence-corrected chi connectivity index (χ2v) is 4.87. The monoisotopic (exact) mass is 213 g/mol. The predicted octanol–water partition coefficient (Wildman–Crippen LogP) is 2.06. The Morgan fingerprint density at radius 1 is 1.47 bits per heavy atom. The SMILES string of the molecule is CCC1(C)CCN(C(=O)C(C)OC)CC1. The van der Waals surface area contributed by atoms with Gasteiger partial charge in [0.25, 0.3) is 5.91 Å². The van der Waals surface area contributed by atoms with Gasteiger partial charge in [-0.05, 0) is 25.2 Å². The Labute approximate surface area is 92.8 Å². The van der Waals surface area contributed by atoms with E-state index in [4.69, 9.17) is 4.74 Å². The highest BCUT2D eigenvalue weighted by atomic mass is 16.5. The largest absolute Gasteiger partial charge is 0.372 e. The van der Waals surface area contributed by atoms with E-state index in [1.54, 1.807) is 7.11 Å². The van der Waals surface area contributed by atoms with E-state index in [0.29, 0.717) is 5.41 Å². The van der Waals surface area contributed by atoms with Crippen molar-refractivity contribution in [3.8, 4) is 0 Å². The van der Waals surface area contributed by atoms with Crippen molar-refractivity contribution in [2.75, 3.05) is 20.2 Å². The molecule has 1 aliphatic heterocycles. The highest BCUT2D eigenvalue weighted by Crippen LogP contribution is 2.34. The van der Waals surface area contributed by atoms with E-state index in [1.165, 1.54) is 6.42 Å². The van der Waals surface area contributed by atoms with Gasteiger partial charge in [-0.2, -0.15) is 0 Å². The van der Waals surface area contributed by atoms with Crippen molar-refractivity contribution < 1.29 is 9.53 Å². The molecule has 0 aromatic carbocycles. The average Bonchev–Trinajstić information content (AvgIpc) is 2.28. The molecule has 1 atom stereocenters. The molecule has 1 fully saturated rings. The third kappa shape index (κ3) is 2.94. The van der Waals surface area contributed by atoms with Crippen LogP contribution in [0.4, 0.5) is 0 Å². The number of likely N-dealkylation sites (tertiary alicyclic amines) is 1. The molecule has 1 rings (SSSR count). The Morgan fingerprint density at radius 3 is 2.40 bits per heavy atom. The molecular formula is C12H23NO2. The van der Waals surface area contributed by atoms with Gasteiger partial charge in [0.2, 0.25) is 0 Å². The Morgan fingerprint density at radius 2 is 2.00 bits per heavy atom. The molecule has 1 heterocycles. The summed E-state index contributed by atoms with van der Waals surface area (Å²) in [6.45, 7) is 8.13. The maximum Gasteiger partial charge on any atom is 0.251 e.